The summed E-state index contributed by atoms with van der Waals surface area (Å²) in [7, 11) is 0. The molecule has 88 valence electrons. The Morgan fingerprint density at radius 1 is 0.944 bits per heavy atom. The first-order valence-electron chi connectivity index (χ1n) is 5.53. The number of benzene rings is 2. The van der Waals surface area contributed by atoms with E-state index < -0.39 is 0 Å². The third kappa shape index (κ3) is 1.89. The van der Waals surface area contributed by atoms with E-state index in [9.17, 15) is 4.79 Å². The third-order valence-corrected chi connectivity index (χ3v) is 4.50. The zero-order valence-electron chi connectivity index (χ0n) is 9.39. The number of rotatable bonds is 2. The van der Waals surface area contributed by atoms with Crippen molar-refractivity contribution in [2.45, 2.75) is 0 Å². The molecule has 0 radical (unpaired) electrons. The van der Waals surface area contributed by atoms with E-state index in [4.69, 9.17) is 0 Å². The second kappa shape index (κ2) is 4.67. The summed E-state index contributed by atoms with van der Waals surface area (Å²) in [5.74, 6) is 0.0694. The highest BCUT2D eigenvalue weighted by Crippen LogP contribution is 2.29. The summed E-state index contributed by atoms with van der Waals surface area (Å²) < 4.78 is 1.98. The van der Waals surface area contributed by atoms with Crippen molar-refractivity contribution < 1.29 is 4.79 Å². The quantitative estimate of drug-likeness (QED) is 0.615. The van der Waals surface area contributed by atoms with Crippen molar-refractivity contribution in [3.63, 3.8) is 0 Å². The van der Waals surface area contributed by atoms with E-state index in [0.717, 1.165) is 20.1 Å². The van der Waals surface area contributed by atoms with Crippen molar-refractivity contribution in [1.82, 2.24) is 0 Å². The first kappa shape index (κ1) is 11.6. The van der Waals surface area contributed by atoms with Crippen molar-refractivity contribution in [2.75, 3.05) is 0 Å². The van der Waals surface area contributed by atoms with E-state index in [-0.39, 0.29) is 5.78 Å². The van der Waals surface area contributed by atoms with Crippen molar-refractivity contribution in [1.29, 1.82) is 0 Å². The summed E-state index contributed by atoms with van der Waals surface area (Å²) in [5, 5.41) is 2.97. The van der Waals surface area contributed by atoms with E-state index in [1.807, 2.05) is 53.9 Å². The van der Waals surface area contributed by atoms with Crippen LogP contribution in [-0.4, -0.2) is 5.78 Å². The standard InChI is InChI=1S/C15H9BrOS/c16-13-7-3-1-6-11(13)15(17)12-9-18-14-8-4-2-5-10(12)14/h1-9H. The summed E-state index contributed by atoms with van der Waals surface area (Å²) in [4.78, 5) is 12.5. The van der Waals surface area contributed by atoms with Crippen molar-refractivity contribution >= 4 is 43.1 Å². The van der Waals surface area contributed by atoms with Crippen LogP contribution in [0.25, 0.3) is 10.1 Å². The molecule has 3 aromatic rings. The van der Waals surface area contributed by atoms with Gasteiger partial charge in [0, 0.05) is 31.1 Å². The fourth-order valence-electron chi connectivity index (χ4n) is 1.94. The molecule has 0 aliphatic heterocycles. The lowest BCUT2D eigenvalue weighted by molar-refractivity contribution is 0.104. The van der Waals surface area contributed by atoms with E-state index in [1.165, 1.54) is 0 Å². The van der Waals surface area contributed by atoms with Gasteiger partial charge in [0.05, 0.1) is 0 Å². The van der Waals surface area contributed by atoms with Gasteiger partial charge in [0.25, 0.3) is 0 Å². The molecule has 0 unspecified atom stereocenters. The third-order valence-electron chi connectivity index (χ3n) is 2.84. The van der Waals surface area contributed by atoms with Crippen LogP contribution >= 0.6 is 27.3 Å². The smallest absolute Gasteiger partial charge is 0.195 e. The minimum absolute atomic E-state index is 0.0694. The monoisotopic (exact) mass is 316 g/mol. The average Bonchev–Trinajstić information content (AvgIpc) is 2.82. The zero-order valence-corrected chi connectivity index (χ0v) is 11.8. The minimum Gasteiger partial charge on any atom is -0.289 e. The summed E-state index contributed by atoms with van der Waals surface area (Å²) in [6, 6.07) is 15.5. The van der Waals surface area contributed by atoms with Crippen LogP contribution in [0.1, 0.15) is 15.9 Å². The molecule has 0 fully saturated rings. The number of thiophene rings is 1. The van der Waals surface area contributed by atoms with Crippen LogP contribution in [0.3, 0.4) is 0 Å². The summed E-state index contributed by atoms with van der Waals surface area (Å²) in [6.45, 7) is 0. The summed E-state index contributed by atoms with van der Waals surface area (Å²) in [6.07, 6.45) is 0. The maximum Gasteiger partial charge on any atom is 0.195 e. The van der Waals surface area contributed by atoms with E-state index >= 15 is 0 Å². The molecule has 0 saturated carbocycles. The number of carbonyl (C=O) groups is 1. The number of ketones is 1. The van der Waals surface area contributed by atoms with Gasteiger partial charge in [-0.2, -0.15) is 0 Å². The highest BCUT2D eigenvalue weighted by molar-refractivity contribution is 9.10. The number of hydrogen-bond donors (Lipinski definition) is 0. The fourth-order valence-corrected chi connectivity index (χ4v) is 3.35. The highest BCUT2D eigenvalue weighted by atomic mass is 79.9. The Kier molecular flexibility index (Phi) is 3.02. The van der Waals surface area contributed by atoms with Gasteiger partial charge >= 0.3 is 0 Å². The predicted octanol–water partition coefficient (Wildman–Crippen LogP) is 4.89. The Balaban J connectivity index is 2.16. The molecule has 2 aromatic carbocycles. The second-order valence-electron chi connectivity index (χ2n) is 3.95. The number of fused-ring (bicyclic) bond motifs is 1. The molecule has 0 bridgehead atoms. The van der Waals surface area contributed by atoms with Gasteiger partial charge in [0.15, 0.2) is 5.78 Å². The van der Waals surface area contributed by atoms with Gasteiger partial charge in [0.1, 0.15) is 0 Å². The van der Waals surface area contributed by atoms with Gasteiger partial charge in [-0.05, 0) is 18.2 Å². The second-order valence-corrected chi connectivity index (χ2v) is 5.72. The van der Waals surface area contributed by atoms with Gasteiger partial charge in [-0.3, -0.25) is 4.79 Å². The Hall–Kier alpha value is -1.45. The van der Waals surface area contributed by atoms with Gasteiger partial charge < -0.3 is 0 Å². The zero-order chi connectivity index (χ0) is 12.5. The molecule has 1 aromatic heterocycles. The highest BCUT2D eigenvalue weighted by Gasteiger charge is 2.15. The first-order valence-corrected chi connectivity index (χ1v) is 7.20. The summed E-state index contributed by atoms with van der Waals surface area (Å²) in [5.41, 5.74) is 1.49. The fraction of sp³-hybridized carbons (Fsp3) is 0. The van der Waals surface area contributed by atoms with Gasteiger partial charge in [-0.25, -0.2) is 0 Å². The predicted molar refractivity (Wildman–Crippen MR) is 79.4 cm³/mol. The Labute approximate surface area is 117 Å². The molecular formula is C15H9BrOS. The van der Waals surface area contributed by atoms with E-state index in [2.05, 4.69) is 15.9 Å². The molecule has 1 nitrogen and oxygen atoms in total. The van der Waals surface area contributed by atoms with Crippen molar-refractivity contribution in [3.8, 4) is 0 Å². The Bertz CT molecular complexity index is 730. The molecule has 0 saturated heterocycles. The molecule has 0 aliphatic rings. The van der Waals surface area contributed by atoms with Crippen LogP contribution in [0.5, 0.6) is 0 Å². The lowest BCUT2D eigenvalue weighted by Crippen LogP contribution is -2.00. The Morgan fingerprint density at radius 3 is 2.50 bits per heavy atom. The number of carbonyl (C=O) groups excluding carboxylic acids is 1. The Morgan fingerprint density at radius 2 is 1.67 bits per heavy atom. The van der Waals surface area contributed by atoms with Crippen LogP contribution in [0.2, 0.25) is 0 Å². The number of hydrogen-bond acceptors (Lipinski definition) is 2. The van der Waals surface area contributed by atoms with Crippen LogP contribution in [-0.2, 0) is 0 Å². The maximum absolute atomic E-state index is 12.5. The SMILES string of the molecule is O=C(c1ccccc1Br)c1csc2ccccc12. The topological polar surface area (TPSA) is 17.1 Å². The normalized spacial score (nSPS) is 10.7. The molecule has 18 heavy (non-hydrogen) atoms. The number of halogens is 1. The van der Waals surface area contributed by atoms with E-state index in [1.54, 1.807) is 11.3 Å². The largest absolute Gasteiger partial charge is 0.289 e. The van der Waals surface area contributed by atoms with E-state index in [0.29, 0.717) is 5.56 Å². The molecule has 3 rings (SSSR count). The molecule has 0 atom stereocenters. The van der Waals surface area contributed by atoms with Crippen LogP contribution in [0.4, 0.5) is 0 Å². The van der Waals surface area contributed by atoms with Crippen LogP contribution in [0, 0.1) is 0 Å². The van der Waals surface area contributed by atoms with Crippen LogP contribution in [0.15, 0.2) is 58.4 Å². The molecular weight excluding hydrogens is 308 g/mol. The lowest BCUT2D eigenvalue weighted by Gasteiger charge is -2.02. The van der Waals surface area contributed by atoms with Gasteiger partial charge in [-0.15, -0.1) is 11.3 Å². The van der Waals surface area contributed by atoms with Gasteiger partial charge in [0.2, 0.25) is 0 Å². The summed E-state index contributed by atoms with van der Waals surface area (Å²) >= 11 is 5.04. The average molecular weight is 317 g/mol. The van der Waals surface area contributed by atoms with Gasteiger partial charge in [-0.1, -0.05) is 46.3 Å². The van der Waals surface area contributed by atoms with Crippen molar-refractivity contribution in [2.24, 2.45) is 0 Å². The molecule has 0 spiro atoms. The molecule has 0 amide bonds. The molecule has 1 heterocycles. The maximum atomic E-state index is 12.5. The first-order chi connectivity index (χ1) is 8.77. The lowest BCUT2D eigenvalue weighted by atomic mass is 10.0. The van der Waals surface area contributed by atoms with Crippen LogP contribution < -0.4 is 0 Å². The minimum atomic E-state index is 0.0694. The molecule has 3 heteroatoms. The molecule has 0 N–H and O–H groups in total. The van der Waals surface area contributed by atoms with Crippen molar-refractivity contribution in [3.05, 3.63) is 69.5 Å². The molecule has 0 aliphatic carbocycles.